The Bertz CT molecular complexity index is 577. The normalized spacial score (nSPS) is 10.0. The van der Waals surface area contributed by atoms with Gasteiger partial charge in [0.1, 0.15) is 11.2 Å². The molecule has 0 fully saturated rings. The van der Waals surface area contributed by atoms with E-state index in [0.29, 0.717) is 5.56 Å². The van der Waals surface area contributed by atoms with E-state index < -0.39 is 0 Å². The van der Waals surface area contributed by atoms with E-state index >= 15 is 0 Å². The molecule has 0 atom stereocenters. The van der Waals surface area contributed by atoms with E-state index in [4.69, 9.17) is 16.9 Å². The number of nitrogens with zero attached hydrogens (tertiary/aromatic N) is 2. The first kappa shape index (κ1) is 12.1. The van der Waals surface area contributed by atoms with Crippen molar-refractivity contribution in [2.24, 2.45) is 0 Å². The molecule has 0 N–H and O–H groups in total. The molecule has 1 aromatic carbocycles. The molecule has 0 unspecified atom stereocenters. The lowest BCUT2D eigenvalue weighted by Gasteiger charge is -2.05. The van der Waals surface area contributed by atoms with Crippen LogP contribution in [0.5, 0.6) is 0 Å². The predicted molar refractivity (Wildman–Crippen MR) is 71.8 cm³/mol. The van der Waals surface area contributed by atoms with Gasteiger partial charge in [0.15, 0.2) is 0 Å². The summed E-state index contributed by atoms with van der Waals surface area (Å²) in [5.41, 5.74) is 3.03. The molecule has 17 heavy (non-hydrogen) atoms. The molecule has 0 saturated heterocycles. The van der Waals surface area contributed by atoms with Crippen LogP contribution in [-0.4, -0.2) is 4.98 Å². The second kappa shape index (κ2) is 4.87. The minimum absolute atomic E-state index is 0.255. The number of aromatic nitrogens is 1. The van der Waals surface area contributed by atoms with Crippen LogP contribution in [-0.2, 0) is 0 Å². The second-order valence-corrected chi connectivity index (χ2v) is 4.88. The summed E-state index contributed by atoms with van der Waals surface area (Å²) in [6, 6.07) is 11.7. The fourth-order valence-corrected chi connectivity index (χ4v) is 2.08. The Hall–Kier alpha value is -1.37. The highest BCUT2D eigenvalue weighted by atomic mass is 79.9. The van der Waals surface area contributed by atoms with Gasteiger partial charge in [-0.25, -0.2) is 4.98 Å². The molecule has 0 aliphatic heterocycles. The molecular weight excluding hydrogens is 300 g/mol. The first-order valence-corrected chi connectivity index (χ1v) is 6.12. The fraction of sp³-hybridized carbons (Fsp3) is 0.0769. The van der Waals surface area contributed by atoms with Crippen molar-refractivity contribution in [1.29, 1.82) is 5.26 Å². The highest BCUT2D eigenvalue weighted by molar-refractivity contribution is 9.10. The van der Waals surface area contributed by atoms with Crippen LogP contribution in [0, 0.1) is 18.3 Å². The molecule has 0 amide bonds. The number of aryl methyl sites for hydroxylation is 1. The van der Waals surface area contributed by atoms with Crippen LogP contribution >= 0.6 is 27.5 Å². The Morgan fingerprint density at radius 3 is 2.47 bits per heavy atom. The van der Waals surface area contributed by atoms with Crippen molar-refractivity contribution in [1.82, 2.24) is 4.98 Å². The Balaban J connectivity index is 2.55. The third kappa shape index (κ3) is 2.49. The predicted octanol–water partition coefficient (Wildman–Crippen LogP) is 4.34. The number of pyridine rings is 1. The van der Waals surface area contributed by atoms with Crippen LogP contribution in [0.1, 0.15) is 11.1 Å². The van der Waals surface area contributed by atoms with Gasteiger partial charge in [0.05, 0.1) is 11.3 Å². The van der Waals surface area contributed by atoms with Gasteiger partial charge in [-0.3, -0.25) is 0 Å². The average molecular weight is 308 g/mol. The quantitative estimate of drug-likeness (QED) is 0.735. The maximum absolute atomic E-state index is 8.92. The average Bonchev–Trinajstić information content (AvgIpc) is 2.29. The summed E-state index contributed by atoms with van der Waals surface area (Å²) in [6.07, 6.45) is 0. The fourth-order valence-electron chi connectivity index (χ4n) is 1.54. The number of halogens is 2. The van der Waals surface area contributed by atoms with Gasteiger partial charge >= 0.3 is 0 Å². The van der Waals surface area contributed by atoms with Crippen LogP contribution in [0.3, 0.4) is 0 Å². The number of nitriles is 1. The summed E-state index contributed by atoms with van der Waals surface area (Å²) < 4.78 is 1.01. The van der Waals surface area contributed by atoms with Crippen molar-refractivity contribution < 1.29 is 0 Å². The monoisotopic (exact) mass is 306 g/mol. The zero-order valence-corrected chi connectivity index (χ0v) is 11.4. The lowest BCUT2D eigenvalue weighted by molar-refractivity contribution is 1.25. The van der Waals surface area contributed by atoms with Gasteiger partial charge < -0.3 is 0 Å². The number of hydrogen-bond acceptors (Lipinski definition) is 2. The maximum atomic E-state index is 8.92. The molecular formula is C13H8BrClN2. The highest BCUT2D eigenvalue weighted by Crippen LogP contribution is 2.25. The number of rotatable bonds is 1. The zero-order valence-electron chi connectivity index (χ0n) is 9.04. The van der Waals surface area contributed by atoms with Gasteiger partial charge in [-0.2, -0.15) is 5.26 Å². The molecule has 0 aliphatic carbocycles. The zero-order chi connectivity index (χ0) is 12.4. The van der Waals surface area contributed by atoms with E-state index in [9.17, 15) is 0 Å². The molecule has 2 aromatic rings. The van der Waals surface area contributed by atoms with Gasteiger partial charge in [0.2, 0.25) is 0 Å². The van der Waals surface area contributed by atoms with Gasteiger partial charge in [-0.05, 0) is 30.7 Å². The molecule has 84 valence electrons. The molecule has 4 heteroatoms. The summed E-state index contributed by atoms with van der Waals surface area (Å²) in [5, 5.41) is 9.17. The third-order valence-electron chi connectivity index (χ3n) is 2.42. The van der Waals surface area contributed by atoms with Crippen molar-refractivity contribution in [3.05, 3.63) is 51.1 Å². The van der Waals surface area contributed by atoms with E-state index in [1.54, 1.807) is 0 Å². The first-order valence-electron chi connectivity index (χ1n) is 4.95. The molecule has 0 aliphatic rings. The Morgan fingerprint density at radius 2 is 1.94 bits per heavy atom. The van der Waals surface area contributed by atoms with Crippen molar-refractivity contribution in [3.63, 3.8) is 0 Å². The molecule has 1 heterocycles. The van der Waals surface area contributed by atoms with E-state index in [1.807, 2.05) is 43.3 Å². The molecule has 0 saturated carbocycles. The number of hydrogen-bond donors (Lipinski definition) is 0. The number of benzene rings is 1. The van der Waals surface area contributed by atoms with Crippen LogP contribution < -0.4 is 0 Å². The van der Waals surface area contributed by atoms with E-state index in [1.165, 1.54) is 0 Å². The summed E-state index contributed by atoms with van der Waals surface area (Å²) in [5.74, 6) is 0. The Kier molecular flexibility index (Phi) is 3.46. The topological polar surface area (TPSA) is 36.7 Å². The van der Waals surface area contributed by atoms with Crippen molar-refractivity contribution >= 4 is 27.5 Å². The molecule has 0 bridgehead atoms. The van der Waals surface area contributed by atoms with Crippen LogP contribution in [0.15, 0.2) is 34.8 Å². The summed E-state index contributed by atoms with van der Waals surface area (Å²) >= 11 is 9.35. The largest absolute Gasteiger partial charge is 0.235 e. The smallest absolute Gasteiger partial charge is 0.147 e. The lowest BCUT2D eigenvalue weighted by atomic mass is 10.1. The third-order valence-corrected chi connectivity index (χ3v) is 3.23. The Morgan fingerprint density at radius 1 is 1.29 bits per heavy atom. The van der Waals surface area contributed by atoms with E-state index in [0.717, 1.165) is 21.3 Å². The minimum atomic E-state index is 0.255. The molecule has 0 radical (unpaired) electrons. The maximum Gasteiger partial charge on any atom is 0.147 e. The standard InChI is InChI=1S/C13H8BrClN2/c1-8-6-12(17-13(15)11(8)7-16)9-2-4-10(14)5-3-9/h2-6H,1H3. The van der Waals surface area contributed by atoms with E-state index in [2.05, 4.69) is 20.9 Å². The minimum Gasteiger partial charge on any atom is -0.235 e. The van der Waals surface area contributed by atoms with E-state index in [-0.39, 0.29) is 5.15 Å². The summed E-state index contributed by atoms with van der Waals surface area (Å²) in [4.78, 5) is 4.23. The second-order valence-electron chi connectivity index (χ2n) is 3.61. The Labute approximate surface area is 113 Å². The molecule has 2 nitrogen and oxygen atoms in total. The molecule has 1 aromatic heterocycles. The first-order chi connectivity index (χ1) is 8.11. The van der Waals surface area contributed by atoms with Gasteiger partial charge in [0.25, 0.3) is 0 Å². The van der Waals surface area contributed by atoms with Gasteiger partial charge in [0, 0.05) is 10.0 Å². The van der Waals surface area contributed by atoms with Crippen molar-refractivity contribution in [2.45, 2.75) is 6.92 Å². The van der Waals surface area contributed by atoms with Crippen molar-refractivity contribution in [3.8, 4) is 17.3 Å². The lowest BCUT2D eigenvalue weighted by Crippen LogP contribution is -1.91. The van der Waals surface area contributed by atoms with Gasteiger partial charge in [-0.1, -0.05) is 39.7 Å². The van der Waals surface area contributed by atoms with Gasteiger partial charge in [-0.15, -0.1) is 0 Å². The van der Waals surface area contributed by atoms with Crippen LogP contribution in [0.2, 0.25) is 5.15 Å². The van der Waals surface area contributed by atoms with Crippen LogP contribution in [0.25, 0.3) is 11.3 Å². The summed E-state index contributed by atoms with van der Waals surface area (Å²) in [6.45, 7) is 1.86. The SMILES string of the molecule is Cc1cc(-c2ccc(Br)cc2)nc(Cl)c1C#N. The highest BCUT2D eigenvalue weighted by Gasteiger charge is 2.08. The summed E-state index contributed by atoms with van der Waals surface area (Å²) in [7, 11) is 0. The molecule has 0 spiro atoms. The van der Waals surface area contributed by atoms with Crippen molar-refractivity contribution in [2.75, 3.05) is 0 Å². The van der Waals surface area contributed by atoms with Crippen LogP contribution in [0.4, 0.5) is 0 Å². The molecule has 2 rings (SSSR count).